The lowest BCUT2D eigenvalue weighted by Gasteiger charge is -2.34. The molecule has 2 aliphatic rings. The van der Waals surface area contributed by atoms with E-state index in [0.29, 0.717) is 17.9 Å². The van der Waals surface area contributed by atoms with Gasteiger partial charge in [-0.05, 0) is 42.5 Å². The summed E-state index contributed by atoms with van der Waals surface area (Å²) in [6.07, 6.45) is 2.44. The summed E-state index contributed by atoms with van der Waals surface area (Å²) < 4.78 is 5.44. The number of benzene rings is 1. The molecule has 0 bridgehead atoms. The van der Waals surface area contributed by atoms with Crippen LogP contribution >= 0.6 is 11.8 Å². The Morgan fingerprint density at radius 1 is 1.27 bits per heavy atom. The van der Waals surface area contributed by atoms with Crippen molar-refractivity contribution >= 4 is 28.9 Å². The highest BCUT2D eigenvalue weighted by molar-refractivity contribution is 8.18. The van der Waals surface area contributed by atoms with Crippen molar-refractivity contribution in [1.29, 1.82) is 5.26 Å². The molecule has 2 heterocycles. The minimum absolute atomic E-state index is 0.175. The molecule has 3 rings (SSSR count). The number of carbonyl (C=O) groups is 1. The van der Waals surface area contributed by atoms with Crippen molar-refractivity contribution in [3.63, 3.8) is 0 Å². The first-order valence-electron chi connectivity index (χ1n) is 8.79. The number of hydrogen-bond acceptors (Lipinski definition) is 6. The van der Waals surface area contributed by atoms with Crippen molar-refractivity contribution in [2.75, 3.05) is 39.3 Å². The van der Waals surface area contributed by atoms with Gasteiger partial charge in [0.25, 0.3) is 5.91 Å². The highest BCUT2D eigenvalue weighted by atomic mass is 32.2. The van der Waals surface area contributed by atoms with E-state index in [2.05, 4.69) is 20.9 Å². The maximum atomic E-state index is 12.2. The molecule has 1 saturated heterocycles. The van der Waals surface area contributed by atoms with Crippen LogP contribution in [-0.2, 0) is 4.79 Å². The van der Waals surface area contributed by atoms with E-state index in [1.54, 1.807) is 0 Å². The van der Waals surface area contributed by atoms with Crippen molar-refractivity contribution < 1.29 is 9.53 Å². The maximum absolute atomic E-state index is 12.2. The highest BCUT2D eigenvalue weighted by Gasteiger charge is 2.28. The summed E-state index contributed by atoms with van der Waals surface area (Å²) in [5.41, 5.74) is 0.960. The van der Waals surface area contributed by atoms with Crippen LogP contribution in [0.2, 0.25) is 0 Å². The third-order valence-corrected chi connectivity index (χ3v) is 5.33. The summed E-state index contributed by atoms with van der Waals surface area (Å²) in [4.78, 5) is 21.5. The molecule has 6 nitrogen and oxygen atoms in total. The Balaban J connectivity index is 1.58. The minimum atomic E-state index is -0.175. The normalized spacial score (nSPS) is 19.5. The van der Waals surface area contributed by atoms with E-state index in [4.69, 9.17) is 10.00 Å². The van der Waals surface area contributed by atoms with Crippen molar-refractivity contribution in [3.05, 3.63) is 34.7 Å². The number of aliphatic imine (C=N–C) groups is 1. The molecule has 26 heavy (non-hydrogen) atoms. The lowest BCUT2D eigenvalue weighted by atomic mass is 10.2. The summed E-state index contributed by atoms with van der Waals surface area (Å²) in [5.74, 6) is 0.650. The fraction of sp³-hybridized carbons (Fsp3) is 0.421. The average molecular weight is 370 g/mol. The first-order chi connectivity index (χ1) is 12.7. The van der Waals surface area contributed by atoms with Gasteiger partial charge in [-0.1, -0.05) is 12.1 Å². The summed E-state index contributed by atoms with van der Waals surface area (Å²) in [7, 11) is 0. The largest absolute Gasteiger partial charge is 0.494 e. The second-order valence-corrected chi connectivity index (χ2v) is 7.06. The van der Waals surface area contributed by atoms with E-state index in [-0.39, 0.29) is 5.91 Å². The summed E-state index contributed by atoms with van der Waals surface area (Å²) in [6, 6.07) is 9.88. The zero-order valence-electron chi connectivity index (χ0n) is 14.9. The van der Waals surface area contributed by atoms with Crippen molar-refractivity contribution in [3.8, 4) is 11.8 Å². The number of rotatable bonds is 5. The van der Waals surface area contributed by atoms with Gasteiger partial charge in [-0.3, -0.25) is 9.69 Å². The van der Waals surface area contributed by atoms with Gasteiger partial charge in [-0.15, -0.1) is 0 Å². The number of amidine groups is 1. The van der Waals surface area contributed by atoms with Crippen LogP contribution in [0.5, 0.6) is 5.75 Å². The molecule has 0 saturated carbocycles. The van der Waals surface area contributed by atoms with Gasteiger partial charge in [-0.25, -0.2) is 0 Å². The average Bonchev–Trinajstić information content (AvgIpc) is 3.03. The minimum Gasteiger partial charge on any atom is -0.494 e. The molecule has 0 aromatic heterocycles. The molecule has 136 valence electrons. The third kappa shape index (κ3) is 4.65. The van der Waals surface area contributed by atoms with Gasteiger partial charge in [-0.2, -0.15) is 10.3 Å². The van der Waals surface area contributed by atoms with Crippen LogP contribution in [0.1, 0.15) is 18.9 Å². The number of amides is 1. The molecule has 7 heteroatoms. The van der Waals surface area contributed by atoms with Gasteiger partial charge in [0, 0.05) is 39.1 Å². The standard InChI is InChI=1S/C19H22N4O2S/c1-2-25-16-6-4-15(5-7-16)14-17-18(24)21-19(26-17)23-12-10-22(11-13-23)9-3-8-20/h4-7,14H,2-3,9-13H2,1H3/b17-14-. The van der Waals surface area contributed by atoms with Crippen molar-refractivity contribution in [2.24, 2.45) is 4.99 Å². The predicted molar refractivity (Wildman–Crippen MR) is 104 cm³/mol. The Hall–Kier alpha value is -2.30. The van der Waals surface area contributed by atoms with E-state index in [1.165, 1.54) is 11.8 Å². The second-order valence-electron chi connectivity index (χ2n) is 6.05. The molecule has 2 aliphatic heterocycles. The second kappa shape index (κ2) is 8.88. The molecule has 0 atom stereocenters. The number of ether oxygens (including phenoxy) is 1. The monoisotopic (exact) mass is 370 g/mol. The summed E-state index contributed by atoms with van der Waals surface area (Å²) >= 11 is 1.44. The smallest absolute Gasteiger partial charge is 0.286 e. The SMILES string of the molecule is CCOc1ccc(/C=C2\SC(N3CCN(CCC#N)CC3)=NC2=O)cc1. The van der Waals surface area contributed by atoms with Crippen LogP contribution < -0.4 is 4.74 Å². The first kappa shape index (κ1) is 18.5. The number of thioether (sulfide) groups is 1. The molecule has 0 spiro atoms. The molecule has 1 aromatic carbocycles. The molecule has 1 amide bonds. The highest BCUT2D eigenvalue weighted by Crippen LogP contribution is 2.31. The van der Waals surface area contributed by atoms with Crippen LogP contribution in [-0.4, -0.2) is 60.2 Å². The van der Waals surface area contributed by atoms with E-state index >= 15 is 0 Å². The van der Waals surface area contributed by atoms with Crippen molar-refractivity contribution in [1.82, 2.24) is 9.80 Å². The molecule has 0 radical (unpaired) electrons. The zero-order valence-corrected chi connectivity index (χ0v) is 15.7. The number of hydrogen-bond donors (Lipinski definition) is 0. The van der Waals surface area contributed by atoms with Gasteiger partial charge < -0.3 is 9.64 Å². The number of nitrogens with zero attached hydrogens (tertiary/aromatic N) is 4. The lowest BCUT2D eigenvalue weighted by molar-refractivity contribution is -0.113. The van der Waals surface area contributed by atoms with Gasteiger partial charge in [0.05, 0.1) is 17.6 Å². The van der Waals surface area contributed by atoms with E-state index in [0.717, 1.165) is 49.2 Å². The lowest BCUT2D eigenvalue weighted by Crippen LogP contribution is -2.47. The number of carbonyl (C=O) groups excluding carboxylic acids is 1. The molecule has 1 fully saturated rings. The summed E-state index contributed by atoms with van der Waals surface area (Å²) in [6.45, 7) is 6.86. The van der Waals surface area contributed by atoms with Crippen LogP contribution in [0.3, 0.4) is 0 Å². The Labute approximate surface area is 158 Å². The molecule has 1 aromatic rings. The van der Waals surface area contributed by atoms with Gasteiger partial charge in [0.15, 0.2) is 5.17 Å². The van der Waals surface area contributed by atoms with Crippen LogP contribution in [0.25, 0.3) is 6.08 Å². The molecular formula is C19H22N4O2S. The Morgan fingerprint density at radius 3 is 2.65 bits per heavy atom. The zero-order chi connectivity index (χ0) is 18.4. The molecule has 0 N–H and O–H groups in total. The van der Waals surface area contributed by atoms with E-state index < -0.39 is 0 Å². The van der Waals surface area contributed by atoms with Crippen LogP contribution in [0.15, 0.2) is 34.2 Å². The Morgan fingerprint density at radius 2 is 2.00 bits per heavy atom. The first-order valence-corrected chi connectivity index (χ1v) is 9.61. The van der Waals surface area contributed by atoms with Gasteiger partial charge >= 0.3 is 0 Å². The summed E-state index contributed by atoms with van der Waals surface area (Å²) in [5, 5.41) is 9.47. The Bertz CT molecular complexity index is 744. The molecule has 0 aliphatic carbocycles. The third-order valence-electron chi connectivity index (χ3n) is 4.28. The van der Waals surface area contributed by atoms with Gasteiger partial charge in [0.2, 0.25) is 0 Å². The predicted octanol–water partition coefficient (Wildman–Crippen LogP) is 2.59. The van der Waals surface area contributed by atoms with Crippen molar-refractivity contribution in [2.45, 2.75) is 13.3 Å². The number of nitriles is 1. The molecular weight excluding hydrogens is 348 g/mol. The van der Waals surface area contributed by atoms with Crippen LogP contribution in [0.4, 0.5) is 0 Å². The number of piperazine rings is 1. The van der Waals surface area contributed by atoms with Gasteiger partial charge in [0.1, 0.15) is 5.75 Å². The fourth-order valence-electron chi connectivity index (χ4n) is 2.88. The topological polar surface area (TPSA) is 68.9 Å². The Kier molecular flexibility index (Phi) is 6.31. The van der Waals surface area contributed by atoms with E-state index in [9.17, 15) is 4.79 Å². The van der Waals surface area contributed by atoms with Crippen LogP contribution in [0, 0.1) is 11.3 Å². The fourth-order valence-corrected chi connectivity index (χ4v) is 3.85. The van der Waals surface area contributed by atoms with E-state index in [1.807, 2.05) is 37.3 Å². The maximum Gasteiger partial charge on any atom is 0.286 e. The molecule has 0 unspecified atom stereocenters. The quantitative estimate of drug-likeness (QED) is 0.742.